The summed E-state index contributed by atoms with van der Waals surface area (Å²) in [7, 11) is 0. The van der Waals surface area contributed by atoms with Gasteiger partial charge in [-0.05, 0) is 25.5 Å². The van der Waals surface area contributed by atoms with Crippen molar-refractivity contribution in [2.75, 3.05) is 6.54 Å². The largest absolute Gasteiger partial charge is 0.330 e. The van der Waals surface area contributed by atoms with E-state index in [1.54, 1.807) is 0 Å². The summed E-state index contributed by atoms with van der Waals surface area (Å²) in [5, 5.41) is 0. The third kappa shape index (κ3) is 2.32. The van der Waals surface area contributed by atoms with Gasteiger partial charge in [0, 0.05) is 6.04 Å². The first-order valence-electron chi connectivity index (χ1n) is 4.26. The lowest BCUT2D eigenvalue weighted by Crippen LogP contribution is -2.15. The number of aryl methyl sites for hydroxylation is 1. The minimum absolute atomic E-state index is 0.0925. The average Bonchev–Trinajstić information content (AvgIpc) is 2.05. The Morgan fingerprint density at radius 1 is 1.42 bits per heavy atom. The Labute approximate surface area is 73.6 Å². The molecule has 1 rings (SSSR count). The minimum Gasteiger partial charge on any atom is -0.330 e. The molecule has 66 valence electrons. The van der Waals surface area contributed by atoms with E-state index in [2.05, 4.69) is 19.1 Å². The van der Waals surface area contributed by atoms with Gasteiger partial charge in [-0.25, -0.2) is 0 Å². The molecule has 0 bridgehead atoms. The van der Waals surface area contributed by atoms with Gasteiger partial charge in [0.15, 0.2) is 0 Å². The molecule has 0 aliphatic rings. The van der Waals surface area contributed by atoms with Crippen molar-refractivity contribution in [2.45, 2.75) is 19.4 Å². The van der Waals surface area contributed by atoms with Gasteiger partial charge >= 0.3 is 0 Å². The molecular weight excluding hydrogens is 148 g/mol. The second kappa shape index (κ2) is 4.24. The van der Waals surface area contributed by atoms with E-state index < -0.39 is 0 Å². The average molecular weight is 164 g/mol. The lowest BCUT2D eigenvalue weighted by Gasteiger charge is -2.10. The van der Waals surface area contributed by atoms with Crippen molar-refractivity contribution in [1.82, 2.24) is 0 Å². The van der Waals surface area contributed by atoms with E-state index in [4.69, 9.17) is 11.5 Å². The number of hydrogen-bond donors (Lipinski definition) is 2. The number of hydrogen-bond acceptors (Lipinski definition) is 2. The summed E-state index contributed by atoms with van der Waals surface area (Å²) in [4.78, 5) is 0. The van der Waals surface area contributed by atoms with E-state index in [9.17, 15) is 0 Å². The van der Waals surface area contributed by atoms with Crippen LogP contribution in [0.2, 0.25) is 0 Å². The maximum atomic E-state index is 5.89. The summed E-state index contributed by atoms with van der Waals surface area (Å²) >= 11 is 0. The number of nitrogens with two attached hydrogens (primary N) is 2. The molecule has 0 saturated carbocycles. The second-order valence-corrected chi connectivity index (χ2v) is 3.10. The highest BCUT2D eigenvalue weighted by Crippen LogP contribution is 2.14. The van der Waals surface area contributed by atoms with Crippen LogP contribution in [0.4, 0.5) is 0 Å². The van der Waals surface area contributed by atoms with Gasteiger partial charge in [-0.2, -0.15) is 0 Å². The van der Waals surface area contributed by atoms with Crippen LogP contribution in [0.1, 0.15) is 23.6 Å². The first-order chi connectivity index (χ1) is 5.74. The van der Waals surface area contributed by atoms with E-state index in [1.807, 2.05) is 12.1 Å². The molecule has 0 radical (unpaired) electrons. The highest BCUT2D eigenvalue weighted by molar-refractivity contribution is 5.24. The van der Waals surface area contributed by atoms with Gasteiger partial charge in [0.2, 0.25) is 0 Å². The maximum Gasteiger partial charge on any atom is 0.0307 e. The highest BCUT2D eigenvalue weighted by Gasteiger charge is 2.03. The standard InChI is InChI=1S/C10H16N2/c1-8-3-2-4-9(7-8)10(12)5-6-11/h2-4,7,10H,5-6,11-12H2,1H3/t10-/m0/s1. The van der Waals surface area contributed by atoms with Crippen molar-refractivity contribution in [3.63, 3.8) is 0 Å². The van der Waals surface area contributed by atoms with Gasteiger partial charge in [0.05, 0.1) is 0 Å². The molecule has 0 saturated heterocycles. The predicted molar refractivity (Wildman–Crippen MR) is 51.8 cm³/mol. The molecule has 1 aromatic rings. The smallest absolute Gasteiger partial charge is 0.0307 e. The molecule has 4 N–H and O–H groups in total. The van der Waals surface area contributed by atoms with Crippen LogP contribution < -0.4 is 11.5 Å². The SMILES string of the molecule is Cc1cccc([C@@H](N)CCN)c1. The quantitative estimate of drug-likeness (QED) is 0.708. The fraction of sp³-hybridized carbons (Fsp3) is 0.400. The van der Waals surface area contributed by atoms with Crippen LogP contribution in [-0.2, 0) is 0 Å². The van der Waals surface area contributed by atoms with Gasteiger partial charge in [-0.1, -0.05) is 29.8 Å². The summed E-state index contributed by atoms with van der Waals surface area (Å²) in [5.41, 5.74) is 13.8. The zero-order valence-corrected chi connectivity index (χ0v) is 7.46. The Balaban J connectivity index is 2.73. The molecule has 0 heterocycles. The molecule has 0 amide bonds. The van der Waals surface area contributed by atoms with E-state index in [0.717, 1.165) is 6.42 Å². The third-order valence-electron chi connectivity index (χ3n) is 1.95. The summed E-state index contributed by atoms with van der Waals surface area (Å²) in [6.07, 6.45) is 0.851. The lowest BCUT2D eigenvalue weighted by atomic mass is 10.0. The van der Waals surface area contributed by atoms with Crippen LogP contribution in [0, 0.1) is 6.92 Å². The lowest BCUT2D eigenvalue weighted by molar-refractivity contribution is 0.661. The first-order valence-corrected chi connectivity index (χ1v) is 4.26. The van der Waals surface area contributed by atoms with E-state index in [0.29, 0.717) is 6.54 Å². The Hall–Kier alpha value is -0.860. The summed E-state index contributed by atoms with van der Waals surface area (Å²) < 4.78 is 0. The van der Waals surface area contributed by atoms with Gasteiger partial charge in [-0.3, -0.25) is 0 Å². The summed E-state index contributed by atoms with van der Waals surface area (Å²) in [5.74, 6) is 0. The predicted octanol–water partition coefficient (Wildman–Crippen LogP) is 1.34. The summed E-state index contributed by atoms with van der Waals surface area (Å²) in [6.45, 7) is 2.72. The molecule has 1 atom stereocenters. The van der Waals surface area contributed by atoms with Crippen molar-refractivity contribution in [3.05, 3.63) is 35.4 Å². The van der Waals surface area contributed by atoms with Crippen LogP contribution in [0.25, 0.3) is 0 Å². The Morgan fingerprint density at radius 3 is 2.75 bits per heavy atom. The molecule has 2 heteroatoms. The molecule has 2 nitrogen and oxygen atoms in total. The van der Waals surface area contributed by atoms with Gasteiger partial charge in [0.1, 0.15) is 0 Å². The van der Waals surface area contributed by atoms with Crippen LogP contribution in [0.3, 0.4) is 0 Å². The zero-order chi connectivity index (χ0) is 8.97. The third-order valence-corrected chi connectivity index (χ3v) is 1.95. The van der Waals surface area contributed by atoms with Crippen LogP contribution in [0.5, 0.6) is 0 Å². The molecule has 0 unspecified atom stereocenters. The van der Waals surface area contributed by atoms with Crippen LogP contribution in [-0.4, -0.2) is 6.54 Å². The fourth-order valence-electron chi connectivity index (χ4n) is 1.25. The molecule has 0 spiro atoms. The Kier molecular flexibility index (Phi) is 3.26. The van der Waals surface area contributed by atoms with E-state index in [-0.39, 0.29) is 6.04 Å². The van der Waals surface area contributed by atoms with E-state index >= 15 is 0 Å². The van der Waals surface area contributed by atoms with Gasteiger partial charge in [0.25, 0.3) is 0 Å². The molecule has 1 aromatic carbocycles. The normalized spacial score (nSPS) is 12.9. The Bertz CT molecular complexity index is 245. The molecule has 0 aliphatic carbocycles. The summed E-state index contributed by atoms with van der Waals surface area (Å²) in [6, 6.07) is 8.35. The van der Waals surface area contributed by atoms with Crippen molar-refractivity contribution in [3.8, 4) is 0 Å². The molecule has 0 aliphatic heterocycles. The fourth-order valence-corrected chi connectivity index (χ4v) is 1.25. The number of benzene rings is 1. The minimum atomic E-state index is 0.0925. The second-order valence-electron chi connectivity index (χ2n) is 3.10. The monoisotopic (exact) mass is 164 g/mol. The van der Waals surface area contributed by atoms with Crippen LogP contribution >= 0.6 is 0 Å². The van der Waals surface area contributed by atoms with Crippen molar-refractivity contribution in [2.24, 2.45) is 11.5 Å². The highest BCUT2D eigenvalue weighted by atomic mass is 14.7. The zero-order valence-electron chi connectivity index (χ0n) is 7.46. The molecule has 0 fully saturated rings. The first kappa shape index (κ1) is 9.23. The van der Waals surface area contributed by atoms with Crippen molar-refractivity contribution >= 4 is 0 Å². The van der Waals surface area contributed by atoms with Crippen molar-refractivity contribution in [1.29, 1.82) is 0 Å². The molecular formula is C10H16N2. The molecule has 12 heavy (non-hydrogen) atoms. The van der Waals surface area contributed by atoms with E-state index in [1.165, 1.54) is 11.1 Å². The molecule has 0 aromatic heterocycles. The topological polar surface area (TPSA) is 52.0 Å². The van der Waals surface area contributed by atoms with Gasteiger partial charge < -0.3 is 11.5 Å². The Morgan fingerprint density at radius 2 is 2.17 bits per heavy atom. The number of rotatable bonds is 3. The van der Waals surface area contributed by atoms with Gasteiger partial charge in [-0.15, -0.1) is 0 Å². The maximum absolute atomic E-state index is 5.89. The van der Waals surface area contributed by atoms with Crippen LogP contribution in [0.15, 0.2) is 24.3 Å². The van der Waals surface area contributed by atoms with Crippen molar-refractivity contribution < 1.29 is 0 Å².